The summed E-state index contributed by atoms with van der Waals surface area (Å²) < 4.78 is 10.3. The monoisotopic (exact) mass is 339 g/mol. The predicted molar refractivity (Wildman–Crippen MR) is 82.6 cm³/mol. The van der Waals surface area contributed by atoms with Crippen LogP contribution in [-0.4, -0.2) is 18.5 Å². The van der Waals surface area contributed by atoms with Gasteiger partial charge in [0.15, 0.2) is 6.61 Å². The fourth-order valence-corrected chi connectivity index (χ4v) is 2.04. The van der Waals surface area contributed by atoms with Crippen molar-refractivity contribution in [2.75, 3.05) is 6.61 Å². The van der Waals surface area contributed by atoms with Crippen LogP contribution in [0, 0.1) is 0 Å². The van der Waals surface area contributed by atoms with E-state index in [9.17, 15) is 9.59 Å². The molecule has 1 amide bonds. The average molecular weight is 340 g/mol. The van der Waals surface area contributed by atoms with E-state index < -0.39 is 11.9 Å². The van der Waals surface area contributed by atoms with Crippen LogP contribution in [0.2, 0.25) is 10.0 Å². The molecule has 0 spiro atoms. The third kappa shape index (κ3) is 4.38. The summed E-state index contributed by atoms with van der Waals surface area (Å²) in [5.74, 6) is -0.565. The SMILES string of the molecule is NC(=O)c1ccc(OC(=O)COc2ccc(Cl)cc2Cl)cc1. The van der Waals surface area contributed by atoms with Gasteiger partial charge in [-0.3, -0.25) is 4.79 Å². The summed E-state index contributed by atoms with van der Waals surface area (Å²) in [6.45, 7) is -0.321. The van der Waals surface area contributed by atoms with Crippen molar-refractivity contribution in [2.45, 2.75) is 0 Å². The normalized spacial score (nSPS) is 10.1. The number of ether oxygens (including phenoxy) is 2. The Morgan fingerprint density at radius 1 is 1.05 bits per heavy atom. The van der Waals surface area contributed by atoms with E-state index >= 15 is 0 Å². The largest absolute Gasteiger partial charge is 0.480 e. The number of hydrogen-bond donors (Lipinski definition) is 1. The predicted octanol–water partition coefficient (Wildman–Crippen LogP) is 3.08. The first-order chi connectivity index (χ1) is 10.5. The number of hydrogen-bond acceptors (Lipinski definition) is 4. The maximum absolute atomic E-state index is 11.7. The van der Waals surface area contributed by atoms with Crippen LogP contribution >= 0.6 is 23.2 Å². The number of halogens is 2. The van der Waals surface area contributed by atoms with Gasteiger partial charge in [0.1, 0.15) is 11.5 Å². The van der Waals surface area contributed by atoms with Crippen LogP contribution in [0.4, 0.5) is 0 Å². The lowest BCUT2D eigenvalue weighted by molar-refractivity contribution is -0.136. The van der Waals surface area contributed by atoms with Crippen molar-refractivity contribution in [1.29, 1.82) is 0 Å². The van der Waals surface area contributed by atoms with Crippen LogP contribution in [0.3, 0.4) is 0 Å². The molecule has 0 saturated heterocycles. The molecule has 0 bridgehead atoms. The van der Waals surface area contributed by atoms with E-state index in [4.69, 9.17) is 38.4 Å². The molecule has 22 heavy (non-hydrogen) atoms. The van der Waals surface area contributed by atoms with E-state index in [-0.39, 0.29) is 12.4 Å². The van der Waals surface area contributed by atoms with Gasteiger partial charge >= 0.3 is 5.97 Å². The molecule has 2 aromatic carbocycles. The highest BCUT2D eigenvalue weighted by molar-refractivity contribution is 6.35. The summed E-state index contributed by atoms with van der Waals surface area (Å²) in [6.07, 6.45) is 0. The molecule has 0 radical (unpaired) electrons. The lowest BCUT2D eigenvalue weighted by atomic mass is 10.2. The van der Waals surface area contributed by atoms with E-state index in [1.165, 1.54) is 30.3 Å². The maximum atomic E-state index is 11.7. The van der Waals surface area contributed by atoms with Gasteiger partial charge in [-0.15, -0.1) is 0 Å². The molecule has 114 valence electrons. The highest BCUT2D eigenvalue weighted by Gasteiger charge is 2.09. The minimum absolute atomic E-state index is 0.279. The molecule has 0 atom stereocenters. The highest BCUT2D eigenvalue weighted by atomic mass is 35.5. The quantitative estimate of drug-likeness (QED) is 0.670. The number of rotatable bonds is 5. The summed E-state index contributed by atoms with van der Waals surface area (Å²) in [5.41, 5.74) is 5.44. The highest BCUT2D eigenvalue weighted by Crippen LogP contribution is 2.27. The Morgan fingerprint density at radius 3 is 2.32 bits per heavy atom. The lowest BCUT2D eigenvalue weighted by Crippen LogP contribution is -2.18. The maximum Gasteiger partial charge on any atom is 0.349 e. The number of benzene rings is 2. The zero-order chi connectivity index (χ0) is 16.1. The van der Waals surface area contributed by atoms with E-state index in [1.807, 2.05) is 0 Å². The molecule has 0 unspecified atom stereocenters. The molecule has 0 aromatic heterocycles. The van der Waals surface area contributed by atoms with Gasteiger partial charge in [-0.2, -0.15) is 0 Å². The fourth-order valence-electron chi connectivity index (χ4n) is 1.58. The van der Waals surface area contributed by atoms with Crippen LogP contribution in [0.1, 0.15) is 10.4 Å². The first-order valence-corrected chi connectivity index (χ1v) is 6.89. The Kier molecular flexibility index (Phi) is 5.25. The van der Waals surface area contributed by atoms with Crippen molar-refractivity contribution in [3.63, 3.8) is 0 Å². The molecule has 0 aliphatic heterocycles. The van der Waals surface area contributed by atoms with Gasteiger partial charge in [-0.05, 0) is 42.5 Å². The Morgan fingerprint density at radius 2 is 1.73 bits per heavy atom. The van der Waals surface area contributed by atoms with Crippen molar-refractivity contribution in [2.24, 2.45) is 5.73 Å². The lowest BCUT2D eigenvalue weighted by Gasteiger charge is -2.08. The molecule has 2 aromatic rings. The third-order valence-electron chi connectivity index (χ3n) is 2.61. The molecule has 0 aliphatic carbocycles. The van der Waals surface area contributed by atoms with Crippen molar-refractivity contribution in [1.82, 2.24) is 0 Å². The van der Waals surface area contributed by atoms with Crippen LogP contribution < -0.4 is 15.2 Å². The Hall–Kier alpha value is -2.24. The summed E-state index contributed by atoms with van der Waals surface area (Å²) >= 11 is 11.7. The van der Waals surface area contributed by atoms with Gasteiger partial charge in [0, 0.05) is 10.6 Å². The molecule has 2 rings (SSSR count). The van der Waals surface area contributed by atoms with Crippen molar-refractivity contribution >= 4 is 35.1 Å². The molecule has 0 heterocycles. The van der Waals surface area contributed by atoms with E-state index in [1.54, 1.807) is 12.1 Å². The molecule has 7 heteroatoms. The molecule has 0 saturated carbocycles. The summed E-state index contributed by atoms with van der Waals surface area (Å²) in [7, 11) is 0. The number of amides is 1. The minimum atomic E-state index is -0.613. The molecule has 5 nitrogen and oxygen atoms in total. The number of primary amides is 1. The van der Waals surface area contributed by atoms with Gasteiger partial charge in [0.2, 0.25) is 5.91 Å². The molecule has 2 N–H and O–H groups in total. The minimum Gasteiger partial charge on any atom is -0.480 e. The second-order valence-corrected chi connectivity index (χ2v) is 5.07. The molecular weight excluding hydrogens is 329 g/mol. The third-order valence-corrected chi connectivity index (χ3v) is 3.14. The summed E-state index contributed by atoms with van der Waals surface area (Å²) in [6, 6.07) is 10.5. The first-order valence-electron chi connectivity index (χ1n) is 6.14. The fraction of sp³-hybridized carbons (Fsp3) is 0.0667. The van der Waals surface area contributed by atoms with E-state index in [0.717, 1.165) is 0 Å². The Balaban J connectivity index is 1.91. The standard InChI is InChI=1S/C15H11Cl2NO4/c16-10-3-6-13(12(17)7-10)21-8-14(19)22-11-4-1-9(2-5-11)15(18)20/h1-7H,8H2,(H2,18,20). The van der Waals surface area contributed by atoms with Gasteiger partial charge < -0.3 is 15.2 Å². The van der Waals surface area contributed by atoms with Crippen LogP contribution in [0.15, 0.2) is 42.5 Å². The van der Waals surface area contributed by atoms with E-state index in [2.05, 4.69) is 0 Å². The molecule has 0 fully saturated rings. The topological polar surface area (TPSA) is 78.6 Å². The second kappa shape index (κ2) is 7.15. The number of nitrogens with two attached hydrogens (primary N) is 1. The summed E-state index contributed by atoms with van der Waals surface area (Å²) in [5, 5.41) is 0.764. The van der Waals surface area contributed by atoms with Gasteiger partial charge in [0.25, 0.3) is 0 Å². The van der Waals surface area contributed by atoms with Gasteiger partial charge in [-0.25, -0.2) is 4.79 Å². The number of esters is 1. The summed E-state index contributed by atoms with van der Waals surface area (Å²) in [4.78, 5) is 22.6. The Labute approximate surface area is 136 Å². The zero-order valence-electron chi connectivity index (χ0n) is 11.2. The average Bonchev–Trinajstić information content (AvgIpc) is 2.47. The smallest absolute Gasteiger partial charge is 0.349 e. The first kappa shape index (κ1) is 16.1. The van der Waals surface area contributed by atoms with Crippen molar-refractivity contribution in [3.8, 4) is 11.5 Å². The second-order valence-electron chi connectivity index (χ2n) is 4.23. The molecular formula is C15H11Cl2NO4. The number of carbonyl (C=O) groups is 2. The number of carbonyl (C=O) groups excluding carboxylic acids is 2. The van der Waals surface area contributed by atoms with Gasteiger partial charge in [-0.1, -0.05) is 23.2 Å². The zero-order valence-corrected chi connectivity index (χ0v) is 12.7. The van der Waals surface area contributed by atoms with E-state index in [0.29, 0.717) is 21.4 Å². The Bertz CT molecular complexity index is 701. The van der Waals surface area contributed by atoms with Crippen LogP contribution in [0.5, 0.6) is 11.5 Å². The van der Waals surface area contributed by atoms with Crippen molar-refractivity contribution in [3.05, 3.63) is 58.1 Å². The van der Waals surface area contributed by atoms with Crippen LogP contribution in [0.25, 0.3) is 0 Å². The van der Waals surface area contributed by atoms with Crippen molar-refractivity contribution < 1.29 is 19.1 Å². The van der Waals surface area contributed by atoms with Gasteiger partial charge in [0.05, 0.1) is 5.02 Å². The molecule has 0 aliphatic rings. The van der Waals surface area contributed by atoms with Crippen LogP contribution in [-0.2, 0) is 4.79 Å².